The van der Waals surface area contributed by atoms with Crippen molar-refractivity contribution in [2.45, 2.75) is 155 Å². The van der Waals surface area contributed by atoms with Crippen molar-refractivity contribution in [3.63, 3.8) is 0 Å². The van der Waals surface area contributed by atoms with Gasteiger partial charge in [0.25, 0.3) is 0 Å². The smallest absolute Gasteiger partial charge is 0.303 e. The molecule has 2 bridgehead atoms. The molecule has 0 radical (unpaired) electrons. The Kier molecular flexibility index (Phi) is 6.84. The Labute approximate surface area is 273 Å². The summed E-state index contributed by atoms with van der Waals surface area (Å²) >= 11 is 0. The average Bonchev–Trinajstić information content (AvgIpc) is 3.50. The fraction of sp³-hybridized carbons (Fsp3) is 0.919. The summed E-state index contributed by atoms with van der Waals surface area (Å²) in [5.41, 5.74) is 0.731. The van der Waals surface area contributed by atoms with Crippen LogP contribution in [0.5, 0.6) is 0 Å². The first-order chi connectivity index (χ1) is 21.5. The number of fused-ring (bicyclic) bond motifs is 4. The molecule has 258 valence electrons. The Balaban J connectivity index is 1.08. The van der Waals surface area contributed by atoms with Gasteiger partial charge in [-0.05, 0) is 103 Å². The quantitative estimate of drug-likeness (QED) is 0.231. The number of carbonyl (C=O) groups excluding carboxylic acids is 1. The molecule has 3 aliphatic heterocycles. The minimum Gasteiger partial charge on any atom is -0.454 e. The van der Waals surface area contributed by atoms with Crippen LogP contribution < -0.4 is 0 Å². The minimum absolute atomic E-state index is 0.0447. The highest BCUT2D eigenvalue weighted by atomic mass is 16.8. The molecule has 0 aromatic rings. The van der Waals surface area contributed by atoms with Gasteiger partial charge in [-0.25, -0.2) is 0 Å². The van der Waals surface area contributed by atoms with Crippen LogP contribution in [-0.2, 0) is 28.5 Å². The van der Waals surface area contributed by atoms with Crippen molar-refractivity contribution < 1.29 is 43.8 Å². The van der Waals surface area contributed by atoms with Crippen LogP contribution in [-0.4, -0.2) is 82.7 Å². The third kappa shape index (κ3) is 3.64. The van der Waals surface area contributed by atoms with Crippen LogP contribution in [0.1, 0.15) is 99.8 Å². The summed E-state index contributed by atoms with van der Waals surface area (Å²) in [7, 11) is 0. The molecular weight excluding hydrogens is 588 g/mol. The third-order valence-corrected chi connectivity index (χ3v) is 15.9. The van der Waals surface area contributed by atoms with E-state index in [4.69, 9.17) is 23.7 Å². The highest BCUT2D eigenvalue weighted by Crippen LogP contribution is 2.90. The van der Waals surface area contributed by atoms with Gasteiger partial charge < -0.3 is 39.0 Å². The lowest BCUT2D eigenvalue weighted by Gasteiger charge is -2.63. The number of aliphatic hydroxyl groups excluding tert-OH is 3. The summed E-state index contributed by atoms with van der Waals surface area (Å²) < 4.78 is 31.6. The molecule has 8 aliphatic rings. The SMILES string of the molecule is C=C(C)[C@H]1O[C@@]23O[C@H]1C[C@@H](C)[C@@H]2[C@@]1(C)CC[C@@]24C[C@@]25CC[C@H](O[C@@H]2OC[C@@H](O)[C@H](O)[C@H]2OC(C)=O)C(C)(C)[C@@H]5CC[C@H]4[C@]1(C)[C@H]3O. The maximum atomic E-state index is 12.7. The molecule has 0 amide bonds. The molecule has 3 spiro atoms. The predicted octanol–water partition coefficient (Wildman–Crippen LogP) is 4.50. The molecule has 0 aromatic heterocycles. The van der Waals surface area contributed by atoms with E-state index in [-0.39, 0.29) is 57.9 Å². The summed E-state index contributed by atoms with van der Waals surface area (Å²) in [5, 5.41) is 33.5. The Bertz CT molecular complexity index is 1320. The topological polar surface area (TPSA) is 124 Å². The molecule has 3 heterocycles. The zero-order valence-electron chi connectivity index (χ0n) is 28.8. The van der Waals surface area contributed by atoms with Gasteiger partial charge in [-0.15, -0.1) is 0 Å². The first-order valence-electron chi connectivity index (χ1n) is 18.0. The van der Waals surface area contributed by atoms with Crippen LogP contribution in [0.15, 0.2) is 12.2 Å². The van der Waals surface area contributed by atoms with Crippen LogP contribution in [0.25, 0.3) is 0 Å². The number of carbonyl (C=O) groups is 1. The lowest BCUT2D eigenvalue weighted by atomic mass is 9.41. The molecule has 5 saturated carbocycles. The molecule has 3 N–H and O–H groups in total. The highest BCUT2D eigenvalue weighted by molar-refractivity contribution is 5.66. The first kappa shape index (κ1) is 32.2. The summed E-state index contributed by atoms with van der Waals surface area (Å²) in [4.78, 5) is 11.9. The van der Waals surface area contributed by atoms with Gasteiger partial charge in [-0.3, -0.25) is 4.79 Å². The van der Waals surface area contributed by atoms with E-state index in [1.165, 1.54) is 19.8 Å². The van der Waals surface area contributed by atoms with Crippen LogP contribution in [0.3, 0.4) is 0 Å². The van der Waals surface area contributed by atoms with E-state index in [1.54, 1.807) is 0 Å². The minimum atomic E-state index is -1.27. The van der Waals surface area contributed by atoms with Crippen molar-refractivity contribution in [3.05, 3.63) is 12.2 Å². The second-order valence-corrected chi connectivity index (χ2v) is 18.0. The van der Waals surface area contributed by atoms with Crippen LogP contribution in [0.4, 0.5) is 0 Å². The molecule has 0 unspecified atom stereocenters. The first-order valence-corrected chi connectivity index (χ1v) is 18.0. The van der Waals surface area contributed by atoms with Gasteiger partial charge in [0, 0.05) is 18.3 Å². The van der Waals surface area contributed by atoms with Crippen molar-refractivity contribution >= 4 is 5.97 Å². The molecular formula is C37H56O9. The van der Waals surface area contributed by atoms with Crippen LogP contribution >= 0.6 is 0 Å². The lowest BCUT2D eigenvalue weighted by Crippen LogP contribution is -2.61. The maximum absolute atomic E-state index is 12.7. The summed E-state index contributed by atoms with van der Waals surface area (Å²) in [6.45, 7) is 19.3. The van der Waals surface area contributed by atoms with E-state index in [1.807, 2.05) is 6.92 Å². The van der Waals surface area contributed by atoms with E-state index in [0.717, 1.165) is 44.1 Å². The maximum Gasteiger partial charge on any atom is 0.303 e. The monoisotopic (exact) mass is 644 g/mol. The number of hydrogen-bond acceptors (Lipinski definition) is 9. The number of ether oxygens (including phenoxy) is 5. The molecule has 9 nitrogen and oxygen atoms in total. The van der Waals surface area contributed by atoms with Gasteiger partial charge in [-0.2, -0.15) is 0 Å². The van der Waals surface area contributed by atoms with Gasteiger partial charge in [0.1, 0.15) is 24.4 Å². The molecule has 46 heavy (non-hydrogen) atoms. The normalized spacial score (nSPS) is 59.3. The molecule has 3 saturated heterocycles. The Morgan fingerprint density at radius 1 is 0.935 bits per heavy atom. The number of esters is 1. The second-order valence-electron chi connectivity index (χ2n) is 18.0. The molecule has 5 aliphatic carbocycles. The highest BCUT2D eigenvalue weighted by Gasteiger charge is 2.88. The van der Waals surface area contributed by atoms with E-state index in [9.17, 15) is 20.1 Å². The van der Waals surface area contributed by atoms with Gasteiger partial charge >= 0.3 is 5.97 Å². The second kappa shape index (κ2) is 9.79. The molecule has 9 heteroatoms. The van der Waals surface area contributed by atoms with Crippen molar-refractivity contribution in [3.8, 4) is 0 Å². The van der Waals surface area contributed by atoms with Gasteiger partial charge in [0.2, 0.25) is 0 Å². The van der Waals surface area contributed by atoms with Crippen molar-refractivity contribution in [1.82, 2.24) is 0 Å². The van der Waals surface area contributed by atoms with Gasteiger partial charge in [0.05, 0.1) is 18.8 Å². The van der Waals surface area contributed by atoms with E-state index in [2.05, 4.69) is 41.2 Å². The average molecular weight is 645 g/mol. The zero-order valence-corrected chi connectivity index (χ0v) is 28.8. The van der Waals surface area contributed by atoms with Crippen LogP contribution in [0.2, 0.25) is 0 Å². The lowest BCUT2D eigenvalue weighted by molar-refractivity contribution is -0.305. The van der Waals surface area contributed by atoms with E-state index >= 15 is 0 Å². The molecule has 17 atom stereocenters. The third-order valence-electron chi connectivity index (χ3n) is 15.9. The summed E-state index contributed by atoms with van der Waals surface area (Å²) in [5.74, 6) is -0.168. The largest absolute Gasteiger partial charge is 0.454 e. The summed E-state index contributed by atoms with van der Waals surface area (Å²) in [6.07, 6.45) is 2.90. The number of hydrogen-bond donors (Lipinski definition) is 3. The van der Waals surface area contributed by atoms with E-state index in [0.29, 0.717) is 17.8 Å². The Morgan fingerprint density at radius 3 is 2.33 bits per heavy atom. The fourth-order valence-corrected chi connectivity index (χ4v) is 14.1. The number of rotatable bonds is 4. The molecule has 8 rings (SSSR count). The Hall–Kier alpha value is -1.07. The van der Waals surface area contributed by atoms with Crippen molar-refractivity contribution in [2.24, 2.45) is 50.7 Å². The Morgan fingerprint density at radius 2 is 1.63 bits per heavy atom. The summed E-state index contributed by atoms with van der Waals surface area (Å²) in [6, 6.07) is 0. The zero-order chi connectivity index (χ0) is 33.0. The van der Waals surface area contributed by atoms with Gasteiger partial charge in [-0.1, -0.05) is 41.2 Å². The van der Waals surface area contributed by atoms with Crippen LogP contribution in [0, 0.1) is 50.7 Å². The number of aliphatic hydroxyl groups is 3. The fourth-order valence-electron chi connectivity index (χ4n) is 14.1. The van der Waals surface area contributed by atoms with E-state index < -0.39 is 42.5 Å². The van der Waals surface area contributed by atoms with Crippen molar-refractivity contribution in [1.29, 1.82) is 0 Å². The standard InChI is InChI=1S/C37H56O9/c1-18(2)27-22-15-19(3)29-33(7)13-14-36-17-35(36)12-11-25(44-30-28(43-20(4)38)26(40)21(39)16-42-30)32(5,6)23(35)9-10-24(36)34(33,8)31(41)37(29,45-22)46-27/h19,21-31,39-41H,1,9-17H2,2-8H3/t19-,21-,22+,23+,24+,25+,26+,27-,28-,29-,30+,31-,33-,34-,35-,36+,37+/m1/s1. The predicted molar refractivity (Wildman–Crippen MR) is 167 cm³/mol. The molecule has 8 fully saturated rings. The van der Waals surface area contributed by atoms with Crippen molar-refractivity contribution in [2.75, 3.05) is 6.61 Å². The van der Waals surface area contributed by atoms with Gasteiger partial charge in [0.15, 0.2) is 18.2 Å². The molecule has 0 aromatic carbocycles.